The molecule has 86 valence electrons. The molecule has 3 nitrogen and oxygen atoms in total. The fraction of sp³-hybridized carbons (Fsp3) is 0.385. The SMILES string of the molecule is CCOC(=O)C(CC)/N=C/c1ccccc1. The molecule has 0 aromatic heterocycles. The minimum absolute atomic E-state index is 0.253. The van der Waals surface area contributed by atoms with E-state index in [1.807, 2.05) is 37.3 Å². The molecule has 3 heteroatoms. The minimum atomic E-state index is -0.389. The molecule has 0 radical (unpaired) electrons. The lowest BCUT2D eigenvalue weighted by molar-refractivity contribution is -0.144. The maximum atomic E-state index is 11.5. The van der Waals surface area contributed by atoms with Crippen LogP contribution in [0.5, 0.6) is 0 Å². The second kappa shape index (κ2) is 6.77. The standard InChI is InChI=1S/C13H17NO2/c1-3-12(13(15)16-4-2)14-10-11-8-6-5-7-9-11/h5-10,12H,3-4H2,1-2H3/b14-10+. The highest BCUT2D eigenvalue weighted by molar-refractivity contribution is 5.83. The van der Waals surface area contributed by atoms with E-state index < -0.39 is 0 Å². The van der Waals surface area contributed by atoms with E-state index in [0.717, 1.165) is 5.56 Å². The Labute approximate surface area is 96.2 Å². The molecule has 0 aliphatic carbocycles. The topological polar surface area (TPSA) is 38.7 Å². The van der Waals surface area contributed by atoms with Gasteiger partial charge in [0.25, 0.3) is 0 Å². The predicted octanol–water partition coefficient (Wildman–Crippen LogP) is 2.45. The first kappa shape index (κ1) is 12.4. The molecule has 0 aliphatic heterocycles. The average Bonchev–Trinajstić information content (AvgIpc) is 2.31. The summed E-state index contributed by atoms with van der Waals surface area (Å²) in [6.07, 6.45) is 2.37. The van der Waals surface area contributed by atoms with E-state index >= 15 is 0 Å². The number of benzene rings is 1. The lowest BCUT2D eigenvalue weighted by Gasteiger charge is -2.08. The zero-order valence-electron chi connectivity index (χ0n) is 9.72. The molecule has 0 saturated heterocycles. The molecule has 16 heavy (non-hydrogen) atoms. The molecule has 0 aliphatic rings. The van der Waals surface area contributed by atoms with Gasteiger partial charge < -0.3 is 4.74 Å². The van der Waals surface area contributed by atoms with E-state index in [0.29, 0.717) is 13.0 Å². The third-order valence-corrected chi connectivity index (χ3v) is 2.15. The number of esters is 1. The van der Waals surface area contributed by atoms with E-state index in [-0.39, 0.29) is 12.0 Å². The first-order valence-corrected chi connectivity index (χ1v) is 5.52. The lowest BCUT2D eigenvalue weighted by Crippen LogP contribution is -2.20. The van der Waals surface area contributed by atoms with E-state index in [2.05, 4.69) is 4.99 Å². The van der Waals surface area contributed by atoms with E-state index in [4.69, 9.17) is 4.74 Å². The summed E-state index contributed by atoms with van der Waals surface area (Å²) < 4.78 is 4.93. The molecule has 0 spiro atoms. The third kappa shape index (κ3) is 3.85. The van der Waals surface area contributed by atoms with Gasteiger partial charge in [-0.1, -0.05) is 37.3 Å². The number of aliphatic imine (C=N–C) groups is 1. The second-order valence-electron chi connectivity index (χ2n) is 3.36. The monoisotopic (exact) mass is 219 g/mol. The lowest BCUT2D eigenvalue weighted by atomic mass is 10.2. The number of hydrogen-bond acceptors (Lipinski definition) is 3. The summed E-state index contributed by atoms with van der Waals surface area (Å²) in [5, 5.41) is 0. The maximum Gasteiger partial charge on any atom is 0.330 e. The van der Waals surface area contributed by atoms with Crippen molar-refractivity contribution in [1.29, 1.82) is 0 Å². The van der Waals surface area contributed by atoms with Crippen LogP contribution >= 0.6 is 0 Å². The first-order valence-electron chi connectivity index (χ1n) is 5.52. The van der Waals surface area contributed by atoms with Gasteiger partial charge in [-0.15, -0.1) is 0 Å². The van der Waals surface area contributed by atoms with Crippen LogP contribution in [0, 0.1) is 0 Å². The van der Waals surface area contributed by atoms with Crippen LogP contribution in [0.2, 0.25) is 0 Å². The Morgan fingerprint density at radius 2 is 2.06 bits per heavy atom. The molecule has 0 saturated carbocycles. The molecule has 1 rings (SSSR count). The van der Waals surface area contributed by atoms with E-state index in [1.165, 1.54) is 0 Å². The zero-order chi connectivity index (χ0) is 11.8. The smallest absolute Gasteiger partial charge is 0.330 e. The van der Waals surface area contributed by atoms with Crippen LogP contribution in [0.25, 0.3) is 0 Å². The minimum Gasteiger partial charge on any atom is -0.464 e. The van der Waals surface area contributed by atoms with Crippen LogP contribution in [0.3, 0.4) is 0 Å². The predicted molar refractivity (Wildman–Crippen MR) is 64.7 cm³/mol. The summed E-state index contributed by atoms with van der Waals surface area (Å²) in [7, 11) is 0. The van der Waals surface area contributed by atoms with Gasteiger partial charge in [-0.2, -0.15) is 0 Å². The molecule has 0 amide bonds. The van der Waals surface area contributed by atoms with Crippen molar-refractivity contribution in [2.24, 2.45) is 4.99 Å². The molecular formula is C13H17NO2. The van der Waals surface area contributed by atoms with Crippen LogP contribution in [-0.2, 0) is 9.53 Å². The summed E-state index contributed by atoms with van der Waals surface area (Å²) in [6, 6.07) is 9.32. The summed E-state index contributed by atoms with van der Waals surface area (Å²) in [4.78, 5) is 15.7. The van der Waals surface area contributed by atoms with Gasteiger partial charge in [-0.25, -0.2) is 4.79 Å². The Kier molecular flexibility index (Phi) is 5.26. The summed E-state index contributed by atoms with van der Waals surface area (Å²) in [6.45, 7) is 4.12. The zero-order valence-corrected chi connectivity index (χ0v) is 9.72. The van der Waals surface area contributed by atoms with Crippen LogP contribution in [0.1, 0.15) is 25.8 Å². The van der Waals surface area contributed by atoms with Crippen LogP contribution < -0.4 is 0 Å². The van der Waals surface area contributed by atoms with Crippen molar-refractivity contribution in [2.45, 2.75) is 26.3 Å². The van der Waals surface area contributed by atoms with Crippen molar-refractivity contribution in [3.05, 3.63) is 35.9 Å². The average molecular weight is 219 g/mol. The molecule has 0 N–H and O–H groups in total. The Morgan fingerprint density at radius 3 is 2.62 bits per heavy atom. The van der Waals surface area contributed by atoms with Gasteiger partial charge in [0, 0.05) is 6.21 Å². The van der Waals surface area contributed by atoms with Gasteiger partial charge in [0.1, 0.15) is 6.04 Å². The quantitative estimate of drug-likeness (QED) is 0.563. The Balaban J connectivity index is 2.63. The van der Waals surface area contributed by atoms with Crippen molar-refractivity contribution < 1.29 is 9.53 Å². The number of ether oxygens (including phenoxy) is 1. The highest BCUT2D eigenvalue weighted by Crippen LogP contribution is 2.02. The highest BCUT2D eigenvalue weighted by atomic mass is 16.5. The molecular weight excluding hydrogens is 202 g/mol. The summed E-state index contributed by atoms with van der Waals surface area (Å²) >= 11 is 0. The van der Waals surface area contributed by atoms with Gasteiger partial charge in [-0.05, 0) is 18.9 Å². The number of rotatable bonds is 5. The Morgan fingerprint density at radius 1 is 1.38 bits per heavy atom. The van der Waals surface area contributed by atoms with Crippen molar-refractivity contribution >= 4 is 12.2 Å². The first-order chi connectivity index (χ1) is 7.77. The largest absolute Gasteiger partial charge is 0.464 e. The van der Waals surface area contributed by atoms with Crippen LogP contribution in [0.15, 0.2) is 35.3 Å². The number of carbonyl (C=O) groups is 1. The van der Waals surface area contributed by atoms with E-state index in [1.54, 1.807) is 13.1 Å². The van der Waals surface area contributed by atoms with Gasteiger partial charge >= 0.3 is 5.97 Å². The fourth-order valence-corrected chi connectivity index (χ4v) is 1.29. The third-order valence-electron chi connectivity index (χ3n) is 2.15. The molecule has 1 aromatic rings. The van der Waals surface area contributed by atoms with Gasteiger partial charge in [0.2, 0.25) is 0 Å². The van der Waals surface area contributed by atoms with E-state index in [9.17, 15) is 4.79 Å². The normalized spacial score (nSPS) is 12.6. The molecule has 1 aromatic carbocycles. The van der Waals surface area contributed by atoms with Crippen molar-refractivity contribution in [1.82, 2.24) is 0 Å². The number of nitrogens with zero attached hydrogens (tertiary/aromatic N) is 1. The van der Waals surface area contributed by atoms with Gasteiger partial charge in [-0.3, -0.25) is 4.99 Å². The van der Waals surface area contributed by atoms with Gasteiger partial charge in [0.15, 0.2) is 0 Å². The highest BCUT2D eigenvalue weighted by Gasteiger charge is 2.14. The maximum absolute atomic E-state index is 11.5. The summed E-state index contributed by atoms with van der Waals surface area (Å²) in [5.41, 5.74) is 0.991. The molecule has 0 fully saturated rings. The molecule has 1 unspecified atom stereocenters. The van der Waals surface area contributed by atoms with Crippen LogP contribution in [0.4, 0.5) is 0 Å². The fourth-order valence-electron chi connectivity index (χ4n) is 1.29. The molecule has 0 bridgehead atoms. The number of carbonyl (C=O) groups excluding carboxylic acids is 1. The van der Waals surface area contributed by atoms with Crippen molar-refractivity contribution in [2.75, 3.05) is 6.61 Å². The Hall–Kier alpha value is -1.64. The van der Waals surface area contributed by atoms with Crippen molar-refractivity contribution in [3.63, 3.8) is 0 Å². The second-order valence-corrected chi connectivity index (χ2v) is 3.36. The Bertz CT molecular complexity index is 346. The number of hydrogen-bond donors (Lipinski definition) is 0. The van der Waals surface area contributed by atoms with Crippen molar-refractivity contribution in [3.8, 4) is 0 Å². The molecule has 1 atom stereocenters. The molecule has 0 heterocycles. The van der Waals surface area contributed by atoms with Gasteiger partial charge in [0.05, 0.1) is 6.61 Å². The summed E-state index contributed by atoms with van der Waals surface area (Å²) in [5.74, 6) is -0.253. The van der Waals surface area contributed by atoms with Crippen LogP contribution in [-0.4, -0.2) is 24.8 Å².